The minimum Gasteiger partial charge on any atom is -0.378 e. The van der Waals surface area contributed by atoms with Gasteiger partial charge in [0.25, 0.3) is 0 Å². The third kappa shape index (κ3) is 4.12. The van der Waals surface area contributed by atoms with E-state index in [0.717, 1.165) is 32.3 Å². The zero-order valence-corrected chi connectivity index (χ0v) is 14.8. The third-order valence-corrected chi connectivity index (χ3v) is 5.53. The molecule has 1 unspecified atom stereocenters. The molecule has 1 aromatic rings. The molecule has 124 valence electrons. The average molecular weight is 325 g/mol. The zero-order chi connectivity index (χ0) is 16.2. The molecule has 1 heterocycles. The van der Waals surface area contributed by atoms with Crippen LogP contribution in [0.25, 0.3) is 0 Å². The molecule has 1 atom stereocenters. The minimum atomic E-state index is -1.16. The molecule has 1 aliphatic carbocycles. The first-order valence-electron chi connectivity index (χ1n) is 7.96. The highest BCUT2D eigenvalue weighted by Gasteiger charge is 2.50. The number of nitrogens with zero attached hydrogens (tertiary/aromatic N) is 2. The molecule has 0 aliphatic heterocycles. The minimum absolute atomic E-state index is 0.194. The maximum Gasteiger partial charge on any atom is 0.149 e. The summed E-state index contributed by atoms with van der Waals surface area (Å²) in [7, 11) is -1.16. The Morgan fingerprint density at radius 3 is 2.55 bits per heavy atom. The number of unbranched alkanes of at least 4 members (excludes halogenated alkanes) is 1. The van der Waals surface area contributed by atoms with Gasteiger partial charge in [-0.25, -0.2) is 18.9 Å². The second-order valence-corrected chi connectivity index (χ2v) is 8.86. The van der Waals surface area contributed by atoms with Crippen LogP contribution < -0.4 is 4.72 Å². The van der Waals surface area contributed by atoms with Crippen molar-refractivity contribution in [1.29, 1.82) is 0 Å². The van der Waals surface area contributed by atoms with Crippen molar-refractivity contribution in [2.45, 2.75) is 69.8 Å². The molecule has 1 N–H and O–H groups in total. The molecule has 1 saturated carbocycles. The van der Waals surface area contributed by atoms with E-state index in [-0.39, 0.29) is 10.9 Å². The van der Waals surface area contributed by atoms with Crippen LogP contribution >= 0.6 is 0 Å². The van der Waals surface area contributed by atoms with Crippen molar-refractivity contribution in [3.8, 4) is 0 Å². The first-order chi connectivity index (χ1) is 10.4. The van der Waals surface area contributed by atoms with Gasteiger partial charge in [0.1, 0.15) is 5.82 Å². The highest BCUT2D eigenvalue weighted by atomic mass is 32.2. The van der Waals surface area contributed by atoms with Gasteiger partial charge in [0, 0.05) is 31.8 Å². The molecule has 6 heteroatoms. The number of nitrogens with one attached hydrogen (secondary N) is 1. The molecule has 1 aliphatic rings. The summed E-state index contributed by atoms with van der Waals surface area (Å²) in [6, 6.07) is 1.80. The molecular weight excluding hydrogens is 298 g/mol. The molecule has 0 spiro atoms. The van der Waals surface area contributed by atoms with E-state index in [1.807, 2.05) is 20.8 Å². The number of hydrogen-bond donors (Lipinski definition) is 1. The summed E-state index contributed by atoms with van der Waals surface area (Å²) in [4.78, 5) is 8.75. The first kappa shape index (κ1) is 17.5. The third-order valence-electron chi connectivity index (χ3n) is 3.84. The lowest BCUT2D eigenvalue weighted by Gasteiger charge is -2.47. The van der Waals surface area contributed by atoms with Gasteiger partial charge in [-0.3, -0.25) is 0 Å². The van der Waals surface area contributed by atoms with Crippen molar-refractivity contribution < 1.29 is 8.95 Å². The summed E-state index contributed by atoms with van der Waals surface area (Å²) in [5, 5.41) is 0. The summed E-state index contributed by atoms with van der Waals surface area (Å²) in [6.07, 6.45) is 7.40. The fourth-order valence-electron chi connectivity index (χ4n) is 2.42. The van der Waals surface area contributed by atoms with E-state index in [1.54, 1.807) is 18.5 Å². The summed E-state index contributed by atoms with van der Waals surface area (Å²) in [6.45, 7) is 8.83. The highest BCUT2D eigenvalue weighted by Crippen LogP contribution is 2.42. The molecule has 0 amide bonds. The molecule has 1 fully saturated rings. The maximum absolute atomic E-state index is 12.5. The van der Waals surface area contributed by atoms with E-state index in [0.29, 0.717) is 5.82 Å². The Morgan fingerprint density at radius 2 is 2.00 bits per heavy atom. The van der Waals surface area contributed by atoms with Crippen LogP contribution in [0.5, 0.6) is 0 Å². The zero-order valence-electron chi connectivity index (χ0n) is 14.0. The van der Waals surface area contributed by atoms with Crippen molar-refractivity contribution in [2.24, 2.45) is 0 Å². The van der Waals surface area contributed by atoms with Crippen LogP contribution in [0.15, 0.2) is 18.5 Å². The lowest BCUT2D eigenvalue weighted by atomic mass is 9.74. The fraction of sp³-hybridized carbons (Fsp3) is 0.750. The van der Waals surface area contributed by atoms with Crippen molar-refractivity contribution >= 4 is 11.0 Å². The smallest absolute Gasteiger partial charge is 0.149 e. The van der Waals surface area contributed by atoms with Crippen LogP contribution in [0, 0.1) is 0 Å². The Hall–Kier alpha value is -0.850. The number of aromatic nitrogens is 2. The summed E-state index contributed by atoms with van der Waals surface area (Å²) < 4.78 is 21.3. The van der Waals surface area contributed by atoms with E-state index in [1.165, 1.54) is 0 Å². The Morgan fingerprint density at radius 1 is 1.36 bits per heavy atom. The normalized spacial score (nSPS) is 26.5. The Labute approximate surface area is 135 Å². The lowest BCUT2D eigenvalue weighted by Crippen LogP contribution is -2.59. The number of hydrogen-bond acceptors (Lipinski definition) is 4. The maximum atomic E-state index is 12.5. The van der Waals surface area contributed by atoms with Gasteiger partial charge in [0.15, 0.2) is 0 Å². The predicted molar refractivity (Wildman–Crippen MR) is 88.6 cm³/mol. The van der Waals surface area contributed by atoms with Crippen molar-refractivity contribution in [3.63, 3.8) is 0 Å². The molecule has 2 rings (SSSR count). The molecule has 0 aromatic carbocycles. The summed E-state index contributed by atoms with van der Waals surface area (Å²) in [5.74, 6) is 0.711. The molecule has 5 nitrogen and oxygen atoms in total. The monoisotopic (exact) mass is 325 g/mol. The quantitative estimate of drug-likeness (QED) is 0.783. The van der Waals surface area contributed by atoms with Crippen molar-refractivity contribution in [1.82, 2.24) is 14.7 Å². The Balaban J connectivity index is 2.07. The van der Waals surface area contributed by atoms with Crippen LogP contribution in [-0.4, -0.2) is 31.6 Å². The van der Waals surface area contributed by atoms with Crippen molar-refractivity contribution in [2.75, 3.05) is 6.61 Å². The van der Waals surface area contributed by atoms with Gasteiger partial charge in [-0.15, -0.1) is 0 Å². The van der Waals surface area contributed by atoms with Crippen molar-refractivity contribution in [3.05, 3.63) is 24.3 Å². The van der Waals surface area contributed by atoms with Gasteiger partial charge in [0.05, 0.1) is 27.4 Å². The fourth-order valence-corrected chi connectivity index (χ4v) is 3.34. The van der Waals surface area contributed by atoms with Crippen LogP contribution in [-0.2, 0) is 21.3 Å². The van der Waals surface area contributed by atoms with Gasteiger partial charge in [0.2, 0.25) is 0 Å². The first-order valence-corrected chi connectivity index (χ1v) is 9.11. The predicted octanol–water partition coefficient (Wildman–Crippen LogP) is 2.70. The van der Waals surface area contributed by atoms with E-state index in [9.17, 15) is 4.21 Å². The molecule has 0 saturated heterocycles. The van der Waals surface area contributed by atoms with Gasteiger partial charge in [-0.05, 0) is 33.3 Å². The topological polar surface area (TPSA) is 64.1 Å². The number of ether oxygens (including phenoxy) is 1. The highest BCUT2D eigenvalue weighted by molar-refractivity contribution is 7.84. The number of rotatable bonds is 7. The van der Waals surface area contributed by atoms with Gasteiger partial charge in [-0.2, -0.15) is 0 Å². The summed E-state index contributed by atoms with van der Waals surface area (Å²) >= 11 is 0. The molecule has 0 radical (unpaired) electrons. The van der Waals surface area contributed by atoms with Crippen LogP contribution in [0.2, 0.25) is 0 Å². The largest absolute Gasteiger partial charge is 0.378 e. The van der Waals surface area contributed by atoms with Crippen LogP contribution in [0.3, 0.4) is 0 Å². The summed E-state index contributed by atoms with van der Waals surface area (Å²) in [5.41, 5.74) is -0.434. The van der Waals surface area contributed by atoms with Crippen LogP contribution in [0.1, 0.15) is 59.2 Å². The van der Waals surface area contributed by atoms with E-state index >= 15 is 0 Å². The second-order valence-electron chi connectivity index (χ2n) is 6.89. The lowest BCUT2D eigenvalue weighted by molar-refractivity contribution is -0.0538. The van der Waals surface area contributed by atoms with Gasteiger partial charge < -0.3 is 4.74 Å². The van der Waals surface area contributed by atoms with E-state index in [2.05, 4.69) is 21.6 Å². The Kier molecular flexibility index (Phi) is 5.69. The standard InChI is InChI=1S/C16H27N3O2S/c1-5-6-10-21-13-11-16(12-13,14-17-8-7-9-18-14)19-22(20)15(2,3)4/h7-9,13,19H,5-6,10-12H2,1-4H3. The molecule has 22 heavy (non-hydrogen) atoms. The average Bonchev–Trinajstić information content (AvgIpc) is 2.44. The molecular formula is C16H27N3O2S. The van der Waals surface area contributed by atoms with Crippen LogP contribution in [0.4, 0.5) is 0 Å². The van der Waals surface area contributed by atoms with Gasteiger partial charge in [-0.1, -0.05) is 13.3 Å². The Bertz CT molecular complexity index is 496. The van der Waals surface area contributed by atoms with E-state index in [4.69, 9.17) is 4.74 Å². The van der Waals surface area contributed by atoms with Gasteiger partial charge >= 0.3 is 0 Å². The second kappa shape index (κ2) is 7.15. The van der Waals surface area contributed by atoms with E-state index < -0.39 is 16.5 Å². The molecule has 1 aromatic heterocycles. The SMILES string of the molecule is CCCCOC1CC(NS(=O)C(C)(C)C)(c2ncccn2)C1. The molecule has 0 bridgehead atoms.